The van der Waals surface area contributed by atoms with E-state index in [0.29, 0.717) is 23.2 Å². The molecule has 0 spiro atoms. The van der Waals surface area contributed by atoms with E-state index in [2.05, 4.69) is 14.6 Å². The molecule has 0 saturated heterocycles. The molecule has 0 amide bonds. The fraction of sp³-hybridized carbons (Fsp3) is 0.450. The van der Waals surface area contributed by atoms with Crippen LogP contribution in [0.1, 0.15) is 32.1 Å². The second-order valence-electron chi connectivity index (χ2n) is 6.93. The van der Waals surface area contributed by atoms with E-state index in [0.717, 1.165) is 5.82 Å². The summed E-state index contributed by atoms with van der Waals surface area (Å²) in [5.74, 6) is 1.67. The number of methoxy groups -OCH3 is 2. The number of hydrogen-bond donors (Lipinski definition) is 1. The number of nitrogens with one attached hydrogen (secondary N) is 1. The predicted octanol–water partition coefficient (Wildman–Crippen LogP) is 3.67. The second kappa shape index (κ2) is 8.68. The van der Waals surface area contributed by atoms with E-state index in [1.807, 2.05) is 13.1 Å². The Kier molecular flexibility index (Phi) is 6.28. The van der Waals surface area contributed by atoms with Crippen molar-refractivity contribution in [3.8, 4) is 11.5 Å². The Morgan fingerprint density at radius 1 is 1.04 bits per heavy atom. The minimum absolute atomic E-state index is 0.0913. The van der Waals surface area contributed by atoms with E-state index in [1.54, 1.807) is 18.3 Å². The molecular weight excluding hydrogens is 378 g/mol. The maximum atomic E-state index is 12.7. The molecule has 0 bridgehead atoms. The molecule has 1 aliphatic carbocycles. The number of sulfonamides is 1. The molecule has 0 radical (unpaired) electrons. The third kappa shape index (κ3) is 4.49. The SMILES string of the molecule is COc1ccc(S(=O)(=O)Nc2ccc(N(C)C3CCCCC3)nc2)cc1OC. The van der Waals surface area contributed by atoms with E-state index in [4.69, 9.17) is 9.47 Å². The van der Waals surface area contributed by atoms with Gasteiger partial charge in [-0.1, -0.05) is 19.3 Å². The highest BCUT2D eigenvalue weighted by Crippen LogP contribution is 2.30. The topological polar surface area (TPSA) is 80.8 Å². The molecule has 0 aliphatic heterocycles. The molecule has 0 atom stereocenters. The van der Waals surface area contributed by atoms with Gasteiger partial charge in [0, 0.05) is 19.2 Å². The van der Waals surface area contributed by atoms with Gasteiger partial charge in [-0.25, -0.2) is 13.4 Å². The van der Waals surface area contributed by atoms with Crippen LogP contribution in [0.15, 0.2) is 41.4 Å². The summed E-state index contributed by atoms with van der Waals surface area (Å²) >= 11 is 0. The lowest BCUT2D eigenvalue weighted by Crippen LogP contribution is -2.33. The van der Waals surface area contributed by atoms with E-state index in [-0.39, 0.29) is 4.90 Å². The summed E-state index contributed by atoms with van der Waals surface area (Å²) in [6, 6.07) is 8.55. The van der Waals surface area contributed by atoms with Crippen LogP contribution in [-0.4, -0.2) is 40.7 Å². The van der Waals surface area contributed by atoms with Gasteiger partial charge in [0.15, 0.2) is 11.5 Å². The Bertz CT molecular complexity index is 894. The van der Waals surface area contributed by atoms with Crippen molar-refractivity contribution in [2.45, 2.75) is 43.0 Å². The zero-order valence-electron chi connectivity index (χ0n) is 16.5. The second-order valence-corrected chi connectivity index (χ2v) is 8.61. The predicted molar refractivity (Wildman–Crippen MR) is 110 cm³/mol. The third-order valence-electron chi connectivity index (χ3n) is 5.15. The number of benzene rings is 1. The van der Waals surface area contributed by atoms with Crippen molar-refractivity contribution in [1.82, 2.24) is 4.98 Å². The zero-order valence-corrected chi connectivity index (χ0v) is 17.3. The summed E-state index contributed by atoms with van der Waals surface area (Å²) in [5, 5.41) is 0. The Morgan fingerprint density at radius 2 is 1.75 bits per heavy atom. The van der Waals surface area contributed by atoms with Gasteiger partial charge in [0.1, 0.15) is 5.82 Å². The molecule has 152 valence electrons. The van der Waals surface area contributed by atoms with Crippen molar-refractivity contribution in [1.29, 1.82) is 0 Å². The van der Waals surface area contributed by atoms with Crippen LogP contribution < -0.4 is 19.1 Å². The smallest absolute Gasteiger partial charge is 0.262 e. The summed E-state index contributed by atoms with van der Waals surface area (Å²) < 4.78 is 38.3. The van der Waals surface area contributed by atoms with Crippen molar-refractivity contribution in [2.75, 3.05) is 30.9 Å². The van der Waals surface area contributed by atoms with Gasteiger partial charge in [0.25, 0.3) is 10.0 Å². The van der Waals surface area contributed by atoms with Crippen LogP contribution in [-0.2, 0) is 10.0 Å². The first-order valence-electron chi connectivity index (χ1n) is 9.38. The minimum Gasteiger partial charge on any atom is -0.493 e. The van der Waals surface area contributed by atoms with E-state index in [1.165, 1.54) is 58.5 Å². The standard InChI is InChI=1S/C20H27N3O4S/c1-23(16-7-5-4-6-8-16)20-12-9-15(14-21-20)22-28(24,25)17-10-11-18(26-2)19(13-17)27-3/h9-14,16,22H,4-8H2,1-3H3. The Morgan fingerprint density at radius 3 is 2.36 bits per heavy atom. The third-order valence-corrected chi connectivity index (χ3v) is 6.53. The molecule has 1 fully saturated rings. The maximum absolute atomic E-state index is 12.7. The van der Waals surface area contributed by atoms with Crippen LogP contribution in [0.3, 0.4) is 0 Å². The summed E-state index contributed by atoms with van der Waals surface area (Å²) in [4.78, 5) is 6.72. The fourth-order valence-electron chi connectivity index (χ4n) is 3.51. The van der Waals surface area contributed by atoms with Crippen molar-refractivity contribution in [3.05, 3.63) is 36.5 Å². The van der Waals surface area contributed by atoms with Crippen LogP contribution in [0, 0.1) is 0 Å². The fourth-order valence-corrected chi connectivity index (χ4v) is 4.57. The first kappa shape index (κ1) is 20.3. The molecule has 2 aromatic rings. The number of anilines is 2. The van der Waals surface area contributed by atoms with Crippen LogP contribution in [0.25, 0.3) is 0 Å². The normalized spacial score (nSPS) is 15.1. The number of nitrogens with zero attached hydrogens (tertiary/aromatic N) is 2. The van der Waals surface area contributed by atoms with Crippen LogP contribution in [0.4, 0.5) is 11.5 Å². The molecule has 0 unspecified atom stereocenters. The monoisotopic (exact) mass is 405 g/mol. The Balaban J connectivity index is 1.74. The molecule has 1 aromatic carbocycles. The van der Waals surface area contributed by atoms with Crippen LogP contribution >= 0.6 is 0 Å². The largest absolute Gasteiger partial charge is 0.493 e. The van der Waals surface area contributed by atoms with Crippen LogP contribution in [0.2, 0.25) is 0 Å². The summed E-state index contributed by atoms with van der Waals surface area (Å²) in [7, 11) is 1.25. The lowest BCUT2D eigenvalue weighted by molar-refractivity contribution is 0.354. The molecule has 3 rings (SSSR count). The van der Waals surface area contributed by atoms with Crippen molar-refractivity contribution >= 4 is 21.5 Å². The number of aromatic nitrogens is 1. The quantitative estimate of drug-likeness (QED) is 0.757. The molecule has 7 nitrogen and oxygen atoms in total. The maximum Gasteiger partial charge on any atom is 0.262 e. The van der Waals surface area contributed by atoms with Crippen molar-refractivity contribution in [2.24, 2.45) is 0 Å². The highest BCUT2D eigenvalue weighted by Gasteiger charge is 2.20. The van der Waals surface area contributed by atoms with Crippen molar-refractivity contribution in [3.63, 3.8) is 0 Å². The Hall–Kier alpha value is -2.48. The minimum atomic E-state index is -3.76. The number of rotatable bonds is 7. The van der Waals surface area contributed by atoms with Gasteiger partial charge in [-0.3, -0.25) is 4.72 Å². The van der Waals surface area contributed by atoms with E-state index in [9.17, 15) is 8.42 Å². The van der Waals surface area contributed by atoms with E-state index >= 15 is 0 Å². The first-order chi connectivity index (χ1) is 13.4. The van der Waals surface area contributed by atoms with Gasteiger partial charge in [-0.05, 0) is 37.1 Å². The number of hydrogen-bond acceptors (Lipinski definition) is 6. The lowest BCUT2D eigenvalue weighted by Gasteiger charge is -2.32. The van der Waals surface area contributed by atoms with Gasteiger partial charge < -0.3 is 14.4 Å². The van der Waals surface area contributed by atoms with Crippen molar-refractivity contribution < 1.29 is 17.9 Å². The highest BCUT2D eigenvalue weighted by molar-refractivity contribution is 7.92. The van der Waals surface area contributed by atoms with Gasteiger partial charge in [0.2, 0.25) is 0 Å². The number of pyridine rings is 1. The lowest BCUT2D eigenvalue weighted by atomic mass is 9.94. The highest BCUT2D eigenvalue weighted by atomic mass is 32.2. The molecule has 1 aromatic heterocycles. The molecule has 1 aliphatic rings. The molecule has 8 heteroatoms. The molecule has 1 heterocycles. The Labute approximate surface area is 166 Å². The zero-order chi connectivity index (χ0) is 20.1. The van der Waals surface area contributed by atoms with Gasteiger partial charge in [-0.2, -0.15) is 0 Å². The van der Waals surface area contributed by atoms with Gasteiger partial charge in [-0.15, -0.1) is 0 Å². The average molecular weight is 406 g/mol. The summed E-state index contributed by atoms with van der Waals surface area (Å²) in [6.07, 6.45) is 7.69. The van der Waals surface area contributed by atoms with Gasteiger partial charge >= 0.3 is 0 Å². The summed E-state index contributed by atoms with van der Waals surface area (Å²) in [6.45, 7) is 0. The van der Waals surface area contributed by atoms with Gasteiger partial charge in [0.05, 0.1) is 31.0 Å². The molecule has 1 N–H and O–H groups in total. The first-order valence-corrected chi connectivity index (χ1v) is 10.9. The van der Waals surface area contributed by atoms with Crippen LogP contribution in [0.5, 0.6) is 11.5 Å². The summed E-state index contributed by atoms with van der Waals surface area (Å²) in [5.41, 5.74) is 0.413. The molecule has 28 heavy (non-hydrogen) atoms. The van der Waals surface area contributed by atoms with E-state index < -0.39 is 10.0 Å². The average Bonchev–Trinajstić information content (AvgIpc) is 2.73. The molecule has 1 saturated carbocycles. The molecular formula is C20H27N3O4S. The number of ether oxygens (including phenoxy) is 2.